The van der Waals surface area contributed by atoms with E-state index in [9.17, 15) is 24.0 Å². The average Bonchev–Trinajstić information content (AvgIpc) is 3.36. The number of benzene rings is 2. The number of nitrogens with one attached hydrogen (secondary N) is 1. The minimum absolute atomic E-state index is 0.0416. The number of hydrogen-bond donors (Lipinski definition) is 1. The lowest BCUT2D eigenvalue weighted by molar-refractivity contribution is -0.149. The van der Waals surface area contributed by atoms with Crippen molar-refractivity contribution in [1.29, 1.82) is 0 Å². The molecule has 2 aromatic rings. The van der Waals surface area contributed by atoms with E-state index in [1.54, 1.807) is 0 Å². The van der Waals surface area contributed by atoms with Gasteiger partial charge in [-0.15, -0.1) is 0 Å². The van der Waals surface area contributed by atoms with Crippen molar-refractivity contribution in [2.75, 3.05) is 11.4 Å². The average molecular weight is 688 g/mol. The fourth-order valence-electron chi connectivity index (χ4n) is 7.53. The molecule has 8 nitrogen and oxygen atoms in total. The summed E-state index contributed by atoms with van der Waals surface area (Å²) in [5, 5.41) is 3.13. The van der Waals surface area contributed by atoms with Gasteiger partial charge < -0.3 is 10.2 Å². The predicted molar refractivity (Wildman–Crippen MR) is 193 cm³/mol. The van der Waals surface area contributed by atoms with Gasteiger partial charge in [0.1, 0.15) is 0 Å². The zero-order chi connectivity index (χ0) is 33.6. The van der Waals surface area contributed by atoms with Gasteiger partial charge in [0.05, 0.1) is 12.2 Å². The van der Waals surface area contributed by atoms with Crippen LogP contribution >= 0.6 is 21.6 Å². The van der Waals surface area contributed by atoms with Gasteiger partial charge in [-0.1, -0.05) is 102 Å². The van der Waals surface area contributed by atoms with Gasteiger partial charge in [0.2, 0.25) is 29.5 Å². The molecule has 4 aliphatic rings. The van der Waals surface area contributed by atoms with E-state index in [0.29, 0.717) is 19.5 Å². The van der Waals surface area contributed by atoms with E-state index >= 15 is 0 Å². The Morgan fingerprint density at radius 3 is 2.06 bits per heavy atom. The molecule has 0 saturated carbocycles. The maximum Gasteiger partial charge on any atom is 0.236 e. The predicted octanol–water partition coefficient (Wildman–Crippen LogP) is 7.45. The number of rotatable bonds is 9. The zero-order valence-corrected chi connectivity index (χ0v) is 29.2. The fourth-order valence-corrected chi connectivity index (χ4v) is 11.7. The van der Waals surface area contributed by atoms with Crippen molar-refractivity contribution in [2.45, 2.75) is 112 Å². The SMILES string of the molecule is O=C(CCC(=O)N1Cc2ccccc2/C=C\c2ccccc21)NCCC12CCCCCC(CCC(=O)N3C(=O)CCC3=O)(CCC1)SS2. The molecule has 3 saturated heterocycles. The Bertz CT molecular complexity index is 1580. The number of fused-ring (bicyclic) bond motifs is 5. The monoisotopic (exact) mass is 687 g/mol. The van der Waals surface area contributed by atoms with Gasteiger partial charge in [-0.25, -0.2) is 4.90 Å². The molecule has 4 aliphatic heterocycles. The third-order valence-corrected chi connectivity index (χ3v) is 14.7. The molecule has 6 rings (SSSR count). The Kier molecular flexibility index (Phi) is 11.1. The van der Waals surface area contributed by atoms with Gasteiger partial charge in [0, 0.05) is 48.1 Å². The first-order valence-corrected chi connectivity index (χ1v) is 19.6. The molecular weight excluding hydrogens is 643 g/mol. The van der Waals surface area contributed by atoms with Crippen LogP contribution in [0.5, 0.6) is 0 Å². The summed E-state index contributed by atoms with van der Waals surface area (Å²) >= 11 is 0. The zero-order valence-electron chi connectivity index (χ0n) is 27.5. The molecule has 2 aromatic carbocycles. The molecule has 4 heterocycles. The summed E-state index contributed by atoms with van der Waals surface area (Å²) in [6.07, 6.45) is 15.1. The van der Waals surface area contributed by atoms with Crippen LogP contribution in [0.25, 0.3) is 12.2 Å². The minimum atomic E-state index is -0.365. The number of hydrogen-bond acceptors (Lipinski definition) is 7. The van der Waals surface area contributed by atoms with Gasteiger partial charge in [0.25, 0.3) is 0 Å². The molecule has 5 amide bonds. The highest BCUT2D eigenvalue weighted by molar-refractivity contribution is 8.77. The fraction of sp³-hybridized carbons (Fsp3) is 0.500. The maximum absolute atomic E-state index is 13.6. The van der Waals surface area contributed by atoms with E-state index in [2.05, 4.69) is 17.5 Å². The van der Waals surface area contributed by atoms with Crippen molar-refractivity contribution < 1.29 is 24.0 Å². The molecular formula is C38H45N3O5S2. The normalized spacial score (nSPS) is 24.7. The van der Waals surface area contributed by atoms with Crippen molar-refractivity contribution in [3.8, 4) is 0 Å². The van der Waals surface area contributed by atoms with Crippen LogP contribution in [-0.2, 0) is 30.5 Å². The number of para-hydroxylation sites is 1. The molecule has 2 bridgehead atoms. The van der Waals surface area contributed by atoms with Crippen LogP contribution in [0.1, 0.15) is 113 Å². The van der Waals surface area contributed by atoms with Crippen LogP contribution < -0.4 is 10.2 Å². The molecule has 48 heavy (non-hydrogen) atoms. The Morgan fingerprint density at radius 2 is 1.31 bits per heavy atom. The molecule has 2 atom stereocenters. The van der Waals surface area contributed by atoms with Crippen molar-refractivity contribution in [3.63, 3.8) is 0 Å². The van der Waals surface area contributed by atoms with Gasteiger partial charge >= 0.3 is 0 Å². The summed E-state index contributed by atoms with van der Waals surface area (Å²) in [7, 11) is 3.84. The highest BCUT2D eigenvalue weighted by Gasteiger charge is 2.43. The van der Waals surface area contributed by atoms with E-state index in [-0.39, 0.29) is 71.1 Å². The number of anilines is 1. The summed E-state index contributed by atoms with van der Waals surface area (Å²) in [4.78, 5) is 66.4. The molecule has 0 aliphatic carbocycles. The molecule has 1 N–H and O–H groups in total. The van der Waals surface area contributed by atoms with Crippen LogP contribution in [0, 0.1) is 0 Å². The van der Waals surface area contributed by atoms with Crippen LogP contribution in [0.15, 0.2) is 48.5 Å². The highest BCUT2D eigenvalue weighted by Crippen LogP contribution is 2.58. The summed E-state index contributed by atoms with van der Waals surface area (Å²) < 4.78 is -0.0109. The van der Waals surface area contributed by atoms with E-state index in [1.807, 2.05) is 75.0 Å². The first kappa shape index (κ1) is 34.5. The molecule has 0 radical (unpaired) electrons. The van der Waals surface area contributed by atoms with Crippen molar-refractivity contribution in [1.82, 2.24) is 10.2 Å². The van der Waals surface area contributed by atoms with E-state index in [1.165, 1.54) is 0 Å². The topological polar surface area (TPSA) is 104 Å². The smallest absolute Gasteiger partial charge is 0.236 e. The Morgan fingerprint density at radius 1 is 0.688 bits per heavy atom. The molecule has 0 aromatic heterocycles. The maximum atomic E-state index is 13.6. The second kappa shape index (κ2) is 15.5. The van der Waals surface area contributed by atoms with Crippen LogP contribution in [-0.4, -0.2) is 50.5 Å². The molecule has 2 unspecified atom stereocenters. The van der Waals surface area contributed by atoms with Crippen LogP contribution in [0.3, 0.4) is 0 Å². The van der Waals surface area contributed by atoms with Crippen molar-refractivity contribution in [2.24, 2.45) is 0 Å². The number of carbonyl (C=O) groups excluding carboxylic acids is 5. The molecule has 254 valence electrons. The standard InChI is InChI=1S/C38H45N3O5S2/c42-32(15-16-33(43)40-27-30-11-3-2-9-28(30)13-14-29-10-4-5-12-31(29)40)39-26-25-38-21-7-1-6-20-37(47-48-38,22-8-23-38)24-19-36(46)41-34(44)17-18-35(41)45/h2-5,9-14H,1,6-8,15-27H2,(H,39,42)/b14-13-. The second-order valence-corrected chi connectivity index (χ2v) is 16.7. The van der Waals surface area contributed by atoms with Gasteiger partial charge in [0.15, 0.2) is 0 Å². The molecule has 10 heteroatoms. The van der Waals surface area contributed by atoms with Gasteiger partial charge in [-0.05, 0) is 61.3 Å². The number of amides is 5. The lowest BCUT2D eigenvalue weighted by Crippen LogP contribution is -2.37. The first-order valence-electron chi connectivity index (χ1n) is 17.4. The molecule has 3 fully saturated rings. The number of likely N-dealkylation sites (tertiary alicyclic amines) is 1. The number of carbonyl (C=O) groups is 5. The number of nitrogens with zero attached hydrogens (tertiary/aromatic N) is 2. The van der Waals surface area contributed by atoms with E-state index < -0.39 is 0 Å². The lowest BCUT2D eigenvalue weighted by Gasteiger charge is -2.33. The van der Waals surface area contributed by atoms with Gasteiger partial charge in [-0.3, -0.25) is 24.0 Å². The summed E-state index contributed by atoms with van der Waals surface area (Å²) in [6, 6.07) is 16.0. The van der Waals surface area contributed by atoms with Crippen LogP contribution in [0.2, 0.25) is 0 Å². The number of imide groups is 3. The summed E-state index contributed by atoms with van der Waals surface area (Å²) in [6.45, 7) is 1.02. The second-order valence-electron chi connectivity index (χ2n) is 13.6. The summed E-state index contributed by atoms with van der Waals surface area (Å²) in [5.74, 6) is -1.25. The Hall–Kier alpha value is -3.37. The van der Waals surface area contributed by atoms with E-state index in [4.69, 9.17) is 0 Å². The van der Waals surface area contributed by atoms with E-state index in [0.717, 1.165) is 85.1 Å². The minimum Gasteiger partial charge on any atom is -0.356 e. The van der Waals surface area contributed by atoms with Crippen molar-refractivity contribution in [3.05, 3.63) is 65.2 Å². The lowest BCUT2D eigenvalue weighted by atomic mass is 9.83. The Balaban J connectivity index is 1.02. The third-order valence-electron chi connectivity index (χ3n) is 10.3. The highest BCUT2D eigenvalue weighted by atomic mass is 33.1. The first-order chi connectivity index (χ1) is 23.3. The third kappa shape index (κ3) is 8.08. The van der Waals surface area contributed by atoms with Crippen LogP contribution in [0.4, 0.5) is 5.69 Å². The summed E-state index contributed by atoms with van der Waals surface area (Å²) in [5.41, 5.74) is 3.99. The Labute approximate surface area is 291 Å². The largest absolute Gasteiger partial charge is 0.356 e. The van der Waals surface area contributed by atoms with Gasteiger partial charge in [-0.2, -0.15) is 0 Å². The molecule has 0 spiro atoms. The quantitative estimate of drug-likeness (QED) is 0.216. The van der Waals surface area contributed by atoms with Crippen molar-refractivity contribution >= 4 is 69.0 Å².